The van der Waals surface area contributed by atoms with Gasteiger partial charge in [-0.1, -0.05) is 0 Å². The van der Waals surface area contributed by atoms with Gasteiger partial charge in [0.1, 0.15) is 4.88 Å². The number of nitrogens with zero attached hydrogens (tertiary/aromatic N) is 4. The van der Waals surface area contributed by atoms with E-state index in [1.54, 1.807) is 18.5 Å². The molecule has 0 aliphatic carbocycles. The number of likely N-dealkylation sites (tertiary alicyclic amines) is 1. The molecule has 0 radical (unpaired) electrons. The first-order valence-electron chi connectivity index (χ1n) is 7.36. The zero-order valence-corrected chi connectivity index (χ0v) is 13.5. The van der Waals surface area contributed by atoms with Crippen LogP contribution in [0, 0.1) is 12.8 Å². The maximum atomic E-state index is 12.8. The van der Waals surface area contributed by atoms with Crippen molar-refractivity contribution >= 4 is 17.2 Å². The average Bonchev–Trinajstić information content (AvgIpc) is 3.10. The van der Waals surface area contributed by atoms with E-state index in [0.29, 0.717) is 28.2 Å². The molecule has 1 fully saturated rings. The average molecular weight is 317 g/mol. The molecule has 3 heterocycles. The second kappa shape index (κ2) is 6.10. The first kappa shape index (κ1) is 15.1. The molecule has 2 aromatic rings. The minimum Gasteiger partial charge on any atom is -0.335 e. The van der Waals surface area contributed by atoms with Gasteiger partial charge in [0.25, 0.3) is 5.91 Å². The standard InChI is InChI=1S/C15H19N5OS/c1-9-6-11(7-16)8-20(9)15(21)12-10(2)19-14(22-12)13-17-4-3-5-18-13/h3-5,9,11H,6-8,16H2,1-2H3. The number of amides is 1. The number of thiazole rings is 1. The van der Waals surface area contributed by atoms with Crippen LogP contribution in [0.3, 0.4) is 0 Å². The van der Waals surface area contributed by atoms with Crippen LogP contribution in [0.1, 0.15) is 28.7 Å². The van der Waals surface area contributed by atoms with E-state index >= 15 is 0 Å². The van der Waals surface area contributed by atoms with Crippen molar-refractivity contribution in [2.45, 2.75) is 26.3 Å². The van der Waals surface area contributed by atoms with Crippen LogP contribution < -0.4 is 5.73 Å². The third-order valence-electron chi connectivity index (χ3n) is 4.00. The number of hydrogen-bond acceptors (Lipinski definition) is 6. The lowest BCUT2D eigenvalue weighted by atomic mass is 10.1. The van der Waals surface area contributed by atoms with E-state index in [4.69, 9.17) is 5.73 Å². The van der Waals surface area contributed by atoms with Crippen LogP contribution in [0.25, 0.3) is 10.8 Å². The number of aromatic nitrogens is 3. The largest absolute Gasteiger partial charge is 0.335 e. The predicted molar refractivity (Wildman–Crippen MR) is 85.5 cm³/mol. The molecule has 3 rings (SSSR count). The quantitative estimate of drug-likeness (QED) is 0.931. The maximum Gasteiger partial charge on any atom is 0.266 e. The van der Waals surface area contributed by atoms with E-state index in [9.17, 15) is 4.79 Å². The van der Waals surface area contributed by atoms with Crippen LogP contribution in [0.4, 0.5) is 0 Å². The molecule has 0 spiro atoms. The highest BCUT2D eigenvalue weighted by Crippen LogP contribution is 2.30. The van der Waals surface area contributed by atoms with Gasteiger partial charge in [0.05, 0.1) is 5.69 Å². The summed E-state index contributed by atoms with van der Waals surface area (Å²) in [6.45, 7) is 5.28. The normalized spacial score (nSPS) is 21.3. The zero-order chi connectivity index (χ0) is 15.7. The number of carbonyl (C=O) groups excluding carboxylic acids is 1. The smallest absolute Gasteiger partial charge is 0.266 e. The van der Waals surface area contributed by atoms with Crippen LogP contribution >= 0.6 is 11.3 Å². The Morgan fingerprint density at radius 2 is 2.18 bits per heavy atom. The summed E-state index contributed by atoms with van der Waals surface area (Å²) in [7, 11) is 0. The predicted octanol–water partition coefficient (Wildman–Crippen LogP) is 1.72. The molecule has 0 bridgehead atoms. The molecule has 0 saturated carbocycles. The van der Waals surface area contributed by atoms with Crippen LogP contribution in [0.2, 0.25) is 0 Å². The van der Waals surface area contributed by atoms with Crippen molar-refractivity contribution in [3.8, 4) is 10.8 Å². The summed E-state index contributed by atoms with van der Waals surface area (Å²) in [5, 5.41) is 0.684. The summed E-state index contributed by atoms with van der Waals surface area (Å²) in [6.07, 6.45) is 4.32. The fourth-order valence-corrected chi connectivity index (χ4v) is 3.80. The Morgan fingerprint density at radius 1 is 1.45 bits per heavy atom. The Hall–Kier alpha value is -1.86. The highest BCUT2D eigenvalue weighted by molar-refractivity contribution is 7.17. The molecule has 2 N–H and O–H groups in total. The first-order valence-corrected chi connectivity index (χ1v) is 8.17. The summed E-state index contributed by atoms with van der Waals surface area (Å²) in [4.78, 5) is 28.2. The highest BCUT2D eigenvalue weighted by atomic mass is 32.1. The molecule has 1 aliphatic rings. The number of rotatable bonds is 3. The van der Waals surface area contributed by atoms with Gasteiger partial charge in [-0.2, -0.15) is 0 Å². The van der Waals surface area contributed by atoms with Crippen LogP contribution in [0.15, 0.2) is 18.5 Å². The van der Waals surface area contributed by atoms with Crippen molar-refractivity contribution in [1.82, 2.24) is 19.9 Å². The Morgan fingerprint density at radius 3 is 2.82 bits per heavy atom. The van der Waals surface area contributed by atoms with Gasteiger partial charge in [0, 0.05) is 25.0 Å². The van der Waals surface area contributed by atoms with E-state index in [2.05, 4.69) is 21.9 Å². The topological polar surface area (TPSA) is 85.0 Å². The zero-order valence-electron chi connectivity index (χ0n) is 12.7. The lowest BCUT2D eigenvalue weighted by molar-refractivity contribution is 0.0747. The molecule has 6 nitrogen and oxygen atoms in total. The van der Waals surface area contributed by atoms with Gasteiger partial charge >= 0.3 is 0 Å². The maximum absolute atomic E-state index is 12.8. The van der Waals surface area contributed by atoms with Crippen molar-refractivity contribution in [1.29, 1.82) is 0 Å². The van der Waals surface area contributed by atoms with E-state index < -0.39 is 0 Å². The molecule has 2 unspecified atom stereocenters. The van der Waals surface area contributed by atoms with Crippen molar-refractivity contribution < 1.29 is 4.79 Å². The molecule has 22 heavy (non-hydrogen) atoms. The summed E-state index contributed by atoms with van der Waals surface area (Å²) in [5.74, 6) is 0.994. The Balaban J connectivity index is 1.86. The van der Waals surface area contributed by atoms with Gasteiger partial charge in [-0.3, -0.25) is 4.79 Å². The summed E-state index contributed by atoms with van der Waals surface area (Å²) < 4.78 is 0. The molecular weight excluding hydrogens is 298 g/mol. The fourth-order valence-electron chi connectivity index (χ4n) is 2.83. The van der Waals surface area contributed by atoms with Crippen molar-refractivity contribution in [2.75, 3.05) is 13.1 Å². The molecule has 1 saturated heterocycles. The Labute approximate surface area is 133 Å². The Kier molecular flexibility index (Phi) is 4.17. The SMILES string of the molecule is Cc1nc(-c2ncccn2)sc1C(=O)N1CC(CN)CC1C. The van der Waals surface area contributed by atoms with Crippen molar-refractivity contribution in [3.05, 3.63) is 29.0 Å². The van der Waals surface area contributed by atoms with Gasteiger partial charge < -0.3 is 10.6 Å². The Bertz CT molecular complexity index is 672. The molecule has 7 heteroatoms. The van der Waals surface area contributed by atoms with Crippen molar-refractivity contribution in [2.24, 2.45) is 11.7 Å². The summed E-state index contributed by atoms with van der Waals surface area (Å²) >= 11 is 1.36. The second-order valence-electron chi connectivity index (χ2n) is 5.65. The number of nitrogens with two attached hydrogens (primary N) is 1. The number of carbonyl (C=O) groups is 1. The van der Waals surface area contributed by atoms with E-state index in [0.717, 1.165) is 18.7 Å². The van der Waals surface area contributed by atoms with Gasteiger partial charge in [-0.25, -0.2) is 15.0 Å². The van der Waals surface area contributed by atoms with Crippen molar-refractivity contribution in [3.63, 3.8) is 0 Å². The number of aryl methyl sites for hydroxylation is 1. The van der Waals surface area contributed by atoms with Gasteiger partial charge in [0.15, 0.2) is 10.8 Å². The van der Waals surface area contributed by atoms with E-state index in [-0.39, 0.29) is 11.9 Å². The summed E-state index contributed by atoms with van der Waals surface area (Å²) in [5.41, 5.74) is 6.48. The third-order valence-corrected chi connectivity index (χ3v) is 5.14. The third kappa shape index (κ3) is 2.74. The van der Waals surface area contributed by atoms with Crippen LogP contribution in [0.5, 0.6) is 0 Å². The molecule has 1 amide bonds. The minimum absolute atomic E-state index is 0.0423. The lowest BCUT2D eigenvalue weighted by Gasteiger charge is -2.20. The monoisotopic (exact) mass is 317 g/mol. The lowest BCUT2D eigenvalue weighted by Crippen LogP contribution is -2.34. The molecular formula is C15H19N5OS. The van der Waals surface area contributed by atoms with E-state index in [1.807, 2.05) is 11.8 Å². The van der Waals surface area contributed by atoms with E-state index in [1.165, 1.54) is 11.3 Å². The van der Waals surface area contributed by atoms with Gasteiger partial charge in [-0.05, 0) is 38.8 Å². The molecule has 2 atom stereocenters. The number of hydrogen-bond donors (Lipinski definition) is 1. The van der Waals surface area contributed by atoms with Gasteiger partial charge in [0.2, 0.25) is 0 Å². The van der Waals surface area contributed by atoms with Gasteiger partial charge in [-0.15, -0.1) is 11.3 Å². The highest BCUT2D eigenvalue weighted by Gasteiger charge is 2.33. The van der Waals surface area contributed by atoms with Crippen LogP contribution in [-0.4, -0.2) is 44.9 Å². The summed E-state index contributed by atoms with van der Waals surface area (Å²) in [6, 6.07) is 1.98. The van der Waals surface area contributed by atoms with Crippen LogP contribution in [-0.2, 0) is 0 Å². The molecule has 2 aromatic heterocycles. The second-order valence-corrected chi connectivity index (χ2v) is 6.65. The molecule has 0 aromatic carbocycles. The molecule has 116 valence electrons. The minimum atomic E-state index is 0.0423. The fraction of sp³-hybridized carbons (Fsp3) is 0.467. The first-order chi connectivity index (χ1) is 10.6. The molecule has 1 aliphatic heterocycles.